The smallest absolute Gasteiger partial charge is 0.311 e. The number of methoxy groups -OCH3 is 1. The van der Waals surface area contributed by atoms with Gasteiger partial charge >= 0.3 is 5.97 Å². The lowest BCUT2D eigenvalue weighted by atomic mass is 9.83. The molecule has 1 saturated heterocycles. The van der Waals surface area contributed by atoms with E-state index in [1.807, 2.05) is 31.2 Å². The van der Waals surface area contributed by atoms with Crippen LogP contribution in [0.4, 0.5) is 0 Å². The molecule has 1 heterocycles. The molecule has 1 aromatic carbocycles. The van der Waals surface area contributed by atoms with Gasteiger partial charge in [-0.2, -0.15) is 0 Å². The highest BCUT2D eigenvalue weighted by Crippen LogP contribution is 2.41. The molecule has 1 N–H and O–H groups in total. The van der Waals surface area contributed by atoms with Gasteiger partial charge in [0.1, 0.15) is 5.75 Å². The molecular formula is C22H28N2O5. The number of likely N-dealkylation sites (tertiary alicyclic amines) is 1. The first-order valence-electron chi connectivity index (χ1n) is 9.82. The Labute approximate surface area is 171 Å². The monoisotopic (exact) mass is 400 g/mol. The molecule has 2 atom stereocenters. The number of nitrogens with zero attached hydrogens (tertiary/aromatic N) is 1. The topological polar surface area (TPSA) is 84.9 Å². The molecule has 1 aromatic rings. The minimum Gasteiger partial charge on any atom is -0.496 e. The first-order chi connectivity index (χ1) is 14.0. The highest BCUT2D eigenvalue weighted by molar-refractivity contribution is 5.84. The number of hydrogen-bond donors (Lipinski definition) is 1. The standard InChI is InChI=1S/C22H28N2O5/c1-4-6-14-24-20(26)12-11-17(22(27)29-15-19(25)23-13-5-2)21(24)16-9-7-8-10-18(16)28-3/h2,7-10,17,21H,4,6,11-15H2,1,3H3,(H,23,25)/t17-,21+/m1/s1. The zero-order valence-electron chi connectivity index (χ0n) is 17.0. The summed E-state index contributed by atoms with van der Waals surface area (Å²) in [5.74, 6) is 1.36. The Morgan fingerprint density at radius 2 is 2.10 bits per heavy atom. The van der Waals surface area contributed by atoms with E-state index in [1.54, 1.807) is 12.0 Å². The second-order valence-electron chi connectivity index (χ2n) is 6.86. The number of nitrogens with one attached hydrogen (secondary N) is 1. The second-order valence-corrected chi connectivity index (χ2v) is 6.86. The summed E-state index contributed by atoms with van der Waals surface area (Å²) in [4.78, 5) is 39.0. The molecule has 1 aliphatic heterocycles. The summed E-state index contributed by atoms with van der Waals surface area (Å²) in [6, 6.07) is 6.86. The van der Waals surface area contributed by atoms with Crippen LogP contribution in [0.2, 0.25) is 0 Å². The van der Waals surface area contributed by atoms with E-state index < -0.39 is 30.4 Å². The predicted octanol–water partition coefficient (Wildman–Crippen LogP) is 2.07. The van der Waals surface area contributed by atoms with E-state index in [-0.39, 0.29) is 18.9 Å². The number of hydrogen-bond acceptors (Lipinski definition) is 5. The van der Waals surface area contributed by atoms with Crippen molar-refractivity contribution in [2.75, 3.05) is 26.8 Å². The minimum atomic E-state index is -0.582. The highest BCUT2D eigenvalue weighted by atomic mass is 16.5. The van der Waals surface area contributed by atoms with Gasteiger partial charge in [0.05, 0.1) is 25.6 Å². The van der Waals surface area contributed by atoms with Crippen LogP contribution in [-0.2, 0) is 19.1 Å². The summed E-state index contributed by atoms with van der Waals surface area (Å²) in [5.41, 5.74) is 0.762. The third-order valence-electron chi connectivity index (χ3n) is 4.95. The summed E-state index contributed by atoms with van der Waals surface area (Å²) < 4.78 is 10.7. The van der Waals surface area contributed by atoms with Crippen molar-refractivity contribution >= 4 is 17.8 Å². The number of amides is 2. The lowest BCUT2D eigenvalue weighted by molar-refractivity contribution is -0.159. The summed E-state index contributed by atoms with van der Waals surface area (Å²) >= 11 is 0. The Bertz CT molecular complexity index is 771. The van der Waals surface area contributed by atoms with E-state index in [1.165, 1.54) is 0 Å². The molecule has 7 heteroatoms. The average molecular weight is 400 g/mol. The Morgan fingerprint density at radius 3 is 2.79 bits per heavy atom. The molecule has 7 nitrogen and oxygen atoms in total. The molecule has 1 fully saturated rings. The molecule has 2 amide bonds. The lowest BCUT2D eigenvalue weighted by Gasteiger charge is -2.40. The summed E-state index contributed by atoms with van der Waals surface area (Å²) in [6.45, 7) is 2.26. The van der Waals surface area contributed by atoms with Gasteiger partial charge in [-0.1, -0.05) is 37.5 Å². The largest absolute Gasteiger partial charge is 0.496 e. The number of esters is 1. The molecule has 0 saturated carbocycles. The Kier molecular flexibility index (Phi) is 8.53. The average Bonchev–Trinajstić information content (AvgIpc) is 2.74. The van der Waals surface area contributed by atoms with Gasteiger partial charge in [-0.25, -0.2) is 0 Å². The van der Waals surface area contributed by atoms with Gasteiger partial charge in [0.2, 0.25) is 5.91 Å². The van der Waals surface area contributed by atoms with Crippen molar-refractivity contribution in [1.82, 2.24) is 10.2 Å². The van der Waals surface area contributed by atoms with Crippen LogP contribution in [0.3, 0.4) is 0 Å². The van der Waals surface area contributed by atoms with Crippen molar-refractivity contribution in [2.45, 2.75) is 38.6 Å². The molecule has 0 aromatic heterocycles. The van der Waals surface area contributed by atoms with Gasteiger partial charge in [0.25, 0.3) is 5.91 Å². The molecule has 0 bridgehead atoms. The maximum absolute atomic E-state index is 12.9. The van der Waals surface area contributed by atoms with E-state index >= 15 is 0 Å². The summed E-state index contributed by atoms with van der Waals surface area (Å²) in [5, 5.41) is 2.46. The third-order valence-corrected chi connectivity index (χ3v) is 4.95. The van der Waals surface area contributed by atoms with Crippen molar-refractivity contribution in [1.29, 1.82) is 0 Å². The normalized spacial score (nSPS) is 18.7. The fraction of sp³-hybridized carbons (Fsp3) is 0.500. The zero-order valence-corrected chi connectivity index (χ0v) is 17.0. The van der Waals surface area contributed by atoms with Gasteiger partial charge in [-0.3, -0.25) is 14.4 Å². The summed E-state index contributed by atoms with van der Waals surface area (Å²) in [7, 11) is 1.56. The highest BCUT2D eigenvalue weighted by Gasteiger charge is 2.42. The van der Waals surface area contributed by atoms with Crippen LogP contribution in [0.25, 0.3) is 0 Å². The third kappa shape index (κ3) is 5.74. The summed E-state index contributed by atoms with van der Waals surface area (Å²) in [6.07, 6.45) is 7.48. The van der Waals surface area contributed by atoms with Gasteiger partial charge in [-0.05, 0) is 18.9 Å². The number of terminal acetylenes is 1. The van der Waals surface area contributed by atoms with E-state index in [2.05, 4.69) is 11.2 Å². The van der Waals surface area contributed by atoms with Crippen molar-refractivity contribution in [2.24, 2.45) is 5.92 Å². The second kappa shape index (κ2) is 11.1. The quantitative estimate of drug-likeness (QED) is 0.507. The molecule has 0 radical (unpaired) electrons. The van der Waals surface area contributed by atoms with E-state index in [4.69, 9.17) is 15.9 Å². The van der Waals surface area contributed by atoms with E-state index in [0.29, 0.717) is 18.7 Å². The van der Waals surface area contributed by atoms with E-state index in [0.717, 1.165) is 18.4 Å². The fourth-order valence-corrected chi connectivity index (χ4v) is 3.53. The molecule has 156 valence electrons. The first-order valence-corrected chi connectivity index (χ1v) is 9.82. The number of carbonyl (C=O) groups is 3. The maximum Gasteiger partial charge on any atom is 0.311 e. The van der Waals surface area contributed by atoms with Crippen LogP contribution in [0.15, 0.2) is 24.3 Å². The van der Waals surface area contributed by atoms with Gasteiger partial charge in [0, 0.05) is 18.5 Å². The van der Waals surface area contributed by atoms with Crippen LogP contribution in [0, 0.1) is 18.3 Å². The van der Waals surface area contributed by atoms with Crippen molar-refractivity contribution in [3.63, 3.8) is 0 Å². The lowest BCUT2D eigenvalue weighted by Crippen LogP contribution is -2.46. The molecule has 0 aliphatic carbocycles. The number of ether oxygens (including phenoxy) is 2. The van der Waals surface area contributed by atoms with Gasteiger partial charge < -0.3 is 19.7 Å². The number of rotatable bonds is 9. The molecule has 0 spiro atoms. The number of piperidine rings is 1. The Balaban J connectivity index is 2.28. The van der Waals surface area contributed by atoms with Crippen molar-refractivity contribution < 1.29 is 23.9 Å². The number of unbranched alkanes of at least 4 members (excludes halogenated alkanes) is 1. The first kappa shape index (κ1) is 22.3. The van der Waals surface area contributed by atoms with Crippen LogP contribution in [-0.4, -0.2) is 49.5 Å². The Hall–Kier alpha value is -3.01. The van der Waals surface area contributed by atoms with Gasteiger partial charge in [0.15, 0.2) is 6.61 Å². The van der Waals surface area contributed by atoms with Crippen molar-refractivity contribution in [3.8, 4) is 18.1 Å². The van der Waals surface area contributed by atoms with Crippen LogP contribution >= 0.6 is 0 Å². The van der Waals surface area contributed by atoms with Gasteiger partial charge in [-0.15, -0.1) is 6.42 Å². The minimum absolute atomic E-state index is 0.00479. The van der Waals surface area contributed by atoms with Crippen molar-refractivity contribution in [3.05, 3.63) is 29.8 Å². The molecule has 1 aliphatic rings. The predicted molar refractivity (Wildman–Crippen MR) is 108 cm³/mol. The van der Waals surface area contributed by atoms with Crippen LogP contribution < -0.4 is 10.1 Å². The van der Waals surface area contributed by atoms with E-state index in [9.17, 15) is 14.4 Å². The molecular weight excluding hydrogens is 372 g/mol. The molecule has 29 heavy (non-hydrogen) atoms. The zero-order chi connectivity index (χ0) is 21.2. The number of para-hydroxylation sites is 1. The fourth-order valence-electron chi connectivity index (χ4n) is 3.53. The Morgan fingerprint density at radius 1 is 1.34 bits per heavy atom. The molecule has 0 unspecified atom stereocenters. The maximum atomic E-state index is 12.9. The number of benzene rings is 1. The number of carbonyl (C=O) groups excluding carboxylic acids is 3. The van der Waals surface area contributed by atoms with Crippen LogP contribution in [0.5, 0.6) is 5.75 Å². The molecule has 2 rings (SSSR count). The SMILES string of the molecule is C#CCNC(=O)COC(=O)[C@@H]1CCC(=O)N(CCCC)[C@H]1c1ccccc1OC. The van der Waals surface area contributed by atoms with Crippen LogP contribution in [0.1, 0.15) is 44.2 Å².